The summed E-state index contributed by atoms with van der Waals surface area (Å²) >= 11 is 0. The third-order valence-corrected chi connectivity index (χ3v) is 6.70. The minimum Gasteiger partial charge on any atom is -0.378 e. The summed E-state index contributed by atoms with van der Waals surface area (Å²) in [5, 5.41) is 8.76. The third kappa shape index (κ3) is 7.04. The van der Waals surface area contributed by atoms with Crippen molar-refractivity contribution in [1.29, 1.82) is 0 Å². The molecule has 1 saturated heterocycles. The Morgan fingerprint density at radius 2 is 1.82 bits per heavy atom. The highest BCUT2D eigenvalue weighted by molar-refractivity contribution is 6.59. The van der Waals surface area contributed by atoms with Gasteiger partial charge in [0.2, 0.25) is 6.41 Å². The van der Waals surface area contributed by atoms with E-state index in [4.69, 9.17) is 23.5 Å². The summed E-state index contributed by atoms with van der Waals surface area (Å²) in [7, 11) is 17.0. The van der Waals surface area contributed by atoms with Crippen LogP contribution in [0.3, 0.4) is 0 Å². The fourth-order valence-corrected chi connectivity index (χ4v) is 4.27. The highest BCUT2D eigenvalue weighted by Gasteiger charge is 2.33. The Hall–Kier alpha value is -3.14. The molecule has 1 amide bonds. The van der Waals surface area contributed by atoms with Gasteiger partial charge in [0.1, 0.15) is 12.0 Å². The summed E-state index contributed by atoms with van der Waals surface area (Å²) in [4.78, 5) is 15.4. The highest BCUT2D eigenvalue weighted by atomic mass is 19.1. The molecule has 1 aromatic carbocycles. The maximum Gasteiger partial charge on any atom is 0.207 e. The molecular formula is C26H29B3F2N6O. The van der Waals surface area contributed by atoms with Crippen LogP contribution >= 0.6 is 0 Å². The number of alkyl halides is 1. The van der Waals surface area contributed by atoms with E-state index in [0.29, 0.717) is 30.3 Å². The zero-order chi connectivity index (χ0) is 27.4. The van der Waals surface area contributed by atoms with Gasteiger partial charge in [0.15, 0.2) is 0 Å². The Kier molecular flexibility index (Phi) is 8.60. The summed E-state index contributed by atoms with van der Waals surface area (Å²) in [6, 6.07) is 5.29. The monoisotopic (exact) mass is 512 g/mol. The van der Waals surface area contributed by atoms with E-state index in [1.165, 1.54) is 23.8 Å². The van der Waals surface area contributed by atoms with Gasteiger partial charge in [-0.25, -0.2) is 13.5 Å². The number of likely N-dealkylation sites (tertiary alicyclic amines) is 1. The number of piperidine rings is 1. The first-order valence-electron chi connectivity index (χ1n) is 12.5. The molecule has 6 radical (unpaired) electrons. The highest BCUT2D eigenvalue weighted by Crippen LogP contribution is 2.26. The molecule has 1 saturated carbocycles. The van der Waals surface area contributed by atoms with E-state index in [9.17, 15) is 13.6 Å². The lowest BCUT2D eigenvalue weighted by atomic mass is 9.48. The number of carbonyl (C=O) groups is 1. The second kappa shape index (κ2) is 11.7. The first-order chi connectivity index (χ1) is 18.0. The number of nitrogens with zero attached hydrogens (tertiary/aromatic N) is 4. The summed E-state index contributed by atoms with van der Waals surface area (Å²) in [6.07, 6.45) is 9.39. The Labute approximate surface area is 226 Å². The summed E-state index contributed by atoms with van der Waals surface area (Å²) < 4.78 is 30.2. The lowest BCUT2D eigenvalue weighted by Crippen LogP contribution is -2.58. The molecule has 38 heavy (non-hydrogen) atoms. The van der Waals surface area contributed by atoms with Crippen LogP contribution in [-0.4, -0.2) is 86.2 Å². The van der Waals surface area contributed by atoms with Gasteiger partial charge in [-0.15, -0.1) is 0 Å². The largest absolute Gasteiger partial charge is 0.378 e. The molecule has 1 aliphatic heterocycles. The summed E-state index contributed by atoms with van der Waals surface area (Å²) in [5.74, 6) is -0.242. The molecule has 2 N–H and O–H groups in total. The number of hydrogen-bond donors (Lipinski definition) is 2. The van der Waals surface area contributed by atoms with Crippen LogP contribution in [0.15, 0.2) is 43.0 Å². The standard InChI is InChI=1S/C22H22B3F2N5.C4H7NO/c1-13-6-21(14(2)5-18(13)26)32-11-16(9-29-32)15-7-17(10-28-8-15)30-20-3-4-31(12-19(20)27)22(23,24)25;6-3-5-4-1-2-4/h5-11,19-20,30H,3-4,12H2,1-2H3;3-4H,1-2H2,(H,5,6). The molecule has 12 heteroatoms. The number of hydrogen-bond acceptors (Lipinski definition) is 5. The van der Waals surface area contributed by atoms with Gasteiger partial charge in [-0.05, 0) is 69.0 Å². The number of aromatic nitrogens is 3. The number of pyridine rings is 1. The van der Waals surface area contributed by atoms with Gasteiger partial charge < -0.3 is 15.5 Å². The Bertz CT molecular complexity index is 1260. The van der Waals surface area contributed by atoms with E-state index >= 15 is 0 Å². The van der Waals surface area contributed by atoms with Crippen LogP contribution in [0.2, 0.25) is 0 Å². The van der Waals surface area contributed by atoms with Gasteiger partial charge >= 0.3 is 0 Å². The molecule has 7 nitrogen and oxygen atoms in total. The van der Waals surface area contributed by atoms with Gasteiger partial charge in [-0.3, -0.25) is 9.78 Å². The van der Waals surface area contributed by atoms with Crippen LogP contribution in [0.4, 0.5) is 14.5 Å². The molecule has 5 rings (SSSR count). The van der Waals surface area contributed by atoms with Crippen LogP contribution in [0.25, 0.3) is 16.8 Å². The lowest BCUT2D eigenvalue weighted by Gasteiger charge is -2.44. The topological polar surface area (TPSA) is 75.1 Å². The molecule has 2 unspecified atom stereocenters. The predicted octanol–water partition coefficient (Wildman–Crippen LogP) is 2.53. The zero-order valence-electron chi connectivity index (χ0n) is 21.6. The van der Waals surface area contributed by atoms with Crippen molar-refractivity contribution in [2.45, 2.75) is 56.6 Å². The van der Waals surface area contributed by atoms with Crippen LogP contribution in [0.5, 0.6) is 0 Å². The number of anilines is 1. The molecule has 1 aliphatic carbocycles. The first kappa shape index (κ1) is 27.9. The van der Waals surface area contributed by atoms with Crippen molar-refractivity contribution in [1.82, 2.24) is 25.0 Å². The molecule has 2 aromatic heterocycles. The van der Waals surface area contributed by atoms with Gasteiger partial charge in [0, 0.05) is 42.3 Å². The molecule has 2 fully saturated rings. The molecule has 192 valence electrons. The molecule has 0 spiro atoms. The van der Waals surface area contributed by atoms with Gasteiger partial charge in [0.25, 0.3) is 0 Å². The van der Waals surface area contributed by atoms with Crippen molar-refractivity contribution < 1.29 is 13.6 Å². The molecule has 2 atom stereocenters. The van der Waals surface area contributed by atoms with E-state index in [1.54, 1.807) is 36.3 Å². The van der Waals surface area contributed by atoms with Crippen LogP contribution < -0.4 is 10.6 Å². The second-order valence-corrected chi connectivity index (χ2v) is 9.97. The number of carbonyl (C=O) groups excluding carboxylic acids is 1. The van der Waals surface area contributed by atoms with Crippen molar-refractivity contribution in [3.8, 4) is 16.8 Å². The molecule has 3 heterocycles. The van der Waals surface area contributed by atoms with Gasteiger partial charge in [0.05, 0.1) is 47.2 Å². The minimum atomic E-state index is -1.53. The average Bonchev–Trinajstić information content (AvgIpc) is 3.55. The predicted molar refractivity (Wildman–Crippen MR) is 147 cm³/mol. The van der Waals surface area contributed by atoms with E-state index in [1.807, 2.05) is 19.2 Å². The normalized spacial score (nSPS) is 19.8. The number of halogens is 2. The number of nitrogens with one attached hydrogen (secondary N) is 2. The Morgan fingerprint density at radius 1 is 1.05 bits per heavy atom. The molecule has 3 aromatic rings. The Balaban J connectivity index is 0.000000494. The molecule has 0 bridgehead atoms. The van der Waals surface area contributed by atoms with Crippen LogP contribution in [0, 0.1) is 19.7 Å². The van der Waals surface area contributed by atoms with E-state index in [0.717, 1.165) is 28.8 Å². The average molecular weight is 512 g/mol. The zero-order valence-corrected chi connectivity index (χ0v) is 21.6. The van der Waals surface area contributed by atoms with E-state index in [2.05, 4.69) is 20.7 Å². The van der Waals surface area contributed by atoms with Crippen molar-refractivity contribution in [3.63, 3.8) is 0 Å². The number of benzene rings is 1. The van der Waals surface area contributed by atoms with Crippen molar-refractivity contribution in [2.75, 3.05) is 18.4 Å². The fraction of sp³-hybridized carbons (Fsp3) is 0.423. The fourth-order valence-electron chi connectivity index (χ4n) is 4.27. The van der Waals surface area contributed by atoms with Crippen molar-refractivity contribution in [3.05, 3.63) is 59.9 Å². The van der Waals surface area contributed by atoms with Crippen molar-refractivity contribution in [2.24, 2.45) is 0 Å². The van der Waals surface area contributed by atoms with Gasteiger partial charge in [-0.2, -0.15) is 5.10 Å². The van der Waals surface area contributed by atoms with Crippen molar-refractivity contribution >= 4 is 35.6 Å². The lowest BCUT2D eigenvalue weighted by molar-refractivity contribution is -0.109. The first-order valence-corrected chi connectivity index (χ1v) is 12.5. The van der Waals surface area contributed by atoms with Crippen LogP contribution in [-0.2, 0) is 4.79 Å². The third-order valence-electron chi connectivity index (χ3n) is 6.70. The SMILES string of the molecule is O=CNC1CC1.[B]C([B])([B])N1CCC(Nc2cncc(-c3cnn(-c4cc(C)c(F)cc4C)c3)c2)C(F)C1. The number of amides is 1. The van der Waals surface area contributed by atoms with E-state index in [-0.39, 0.29) is 12.4 Å². The second-order valence-electron chi connectivity index (χ2n) is 9.97. The smallest absolute Gasteiger partial charge is 0.207 e. The van der Waals surface area contributed by atoms with E-state index < -0.39 is 17.5 Å². The summed E-state index contributed by atoms with van der Waals surface area (Å²) in [5.41, 5.74) is 4.51. The molecular weight excluding hydrogens is 483 g/mol. The summed E-state index contributed by atoms with van der Waals surface area (Å²) in [6.45, 7) is 4.10. The maximum atomic E-state index is 14.7. The quantitative estimate of drug-likeness (QED) is 0.377. The minimum absolute atomic E-state index is 0.0531. The van der Waals surface area contributed by atoms with Gasteiger partial charge in [-0.1, -0.05) is 5.24 Å². The number of aryl methyl sites for hydroxylation is 2. The molecule has 2 aliphatic rings. The number of rotatable bonds is 7. The maximum absolute atomic E-state index is 14.7. The Morgan fingerprint density at radius 3 is 2.45 bits per heavy atom. The van der Waals surface area contributed by atoms with Crippen LogP contribution in [0.1, 0.15) is 30.4 Å².